The smallest absolute Gasteiger partial charge is 0.148 e. The molecule has 1 unspecified atom stereocenters. The van der Waals surface area contributed by atoms with Gasteiger partial charge in [-0.1, -0.05) is 6.42 Å². The Morgan fingerprint density at radius 2 is 2.20 bits per heavy atom. The van der Waals surface area contributed by atoms with Gasteiger partial charge in [0.05, 0.1) is 17.1 Å². The third-order valence-corrected chi connectivity index (χ3v) is 4.92. The zero-order valence-corrected chi connectivity index (χ0v) is 14.3. The average Bonchev–Trinajstić information content (AvgIpc) is 3.21. The Balaban J connectivity index is 1.47. The highest BCUT2D eigenvalue weighted by atomic mass is 19.1. The molecule has 1 aliphatic heterocycles. The van der Waals surface area contributed by atoms with Gasteiger partial charge in [-0.2, -0.15) is 0 Å². The summed E-state index contributed by atoms with van der Waals surface area (Å²) in [6.45, 7) is 4.75. The molecule has 1 fully saturated rings. The molecule has 25 heavy (non-hydrogen) atoms. The summed E-state index contributed by atoms with van der Waals surface area (Å²) in [6, 6.07) is 4.97. The van der Waals surface area contributed by atoms with Crippen LogP contribution in [0.15, 0.2) is 18.2 Å². The minimum atomic E-state index is -0.236. The number of likely N-dealkylation sites (tertiary alicyclic amines) is 1. The molecule has 1 atom stereocenters. The van der Waals surface area contributed by atoms with E-state index in [4.69, 9.17) is 4.98 Å². The number of nitrogens with one attached hydrogen (secondary N) is 1. The maximum absolute atomic E-state index is 13.4. The summed E-state index contributed by atoms with van der Waals surface area (Å²) in [6.07, 6.45) is 4.46. The quantitative estimate of drug-likeness (QED) is 0.771. The van der Waals surface area contributed by atoms with Crippen LogP contribution in [0.3, 0.4) is 0 Å². The molecule has 1 N–H and O–H groups in total. The van der Waals surface area contributed by atoms with Crippen molar-refractivity contribution in [1.29, 1.82) is 0 Å². The molecule has 8 heteroatoms. The van der Waals surface area contributed by atoms with E-state index in [1.807, 2.05) is 11.6 Å². The number of aromatic nitrogens is 6. The Bertz CT molecular complexity index is 856. The lowest BCUT2D eigenvalue weighted by atomic mass is 10.0. The predicted molar refractivity (Wildman–Crippen MR) is 91.4 cm³/mol. The van der Waals surface area contributed by atoms with E-state index in [1.54, 1.807) is 6.07 Å². The largest absolute Gasteiger partial charge is 0.341 e. The fourth-order valence-corrected chi connectivity index (χ4v) is 3.61. The average molecular weight is 343 g/mol. The van der Waals surface area contributed by atoms with E-state index in [0.29, 0.717) is 0 Å². The van der Waals surface area contributed by atoms with Crippen molar-refractivity contribution < 1.29 is 4.39 Å². The van der Waals surface area contributed by atoms with Gasteiger partial charge in [0.15, 0.2) is 0 Å². The van der Waals surface area contributed by atoms with Gasteiger partial charge in [-0.25, -0.2) is 14.1 Å². The zero-order valence-electron chi connectivity index (χ0n) is 14.3. The van der Waals surface area contributed by atoms with Crippen molar-refractivity contribution in [2.75, 3.05) is 13.1 Å². The number of H-pyrrole nitrogens is 1. The maximum Gasteiger partial charge on any atom is 0.148 e. The molecule has 3 heterocycles. The molecule has 0 aliphatic carbocycles. The zero-order chi connectivity index (χ0) is 17.2. The third kappa shape index (κ3) is 3.39. The van der Waals surface area contributed by atoms with E-state index < -0.39 is 0 Å². The van der Waals surface area contributed by atoms with Crippen LogP contribution in [0.1, 0.15) is 43.4 Å². The molecule has 1 saturated heterocycles. The Labute approximate surface area is 145 Å². The lowest BCUT2D eigenvalue weighted by Gasteiger charge is -2.34. The monoisotopic (exact) mass is 343 g/mol. The Hall–Kier alpha value is -2.35. The lowest BCUT2D eigenvalue weighted by molar-refractivity contribution is 0.138. The van der Waals surface area contributed by atoms with Gasteiger partial charge in [0.1, 0.15) is 17.5 Å². The molecule has 0 radical (unpaired) electrons. The molecule has 7 nitrogen and oxygen atoms in total. The molecule has 3 aromatic rings. The van der Waals surface area contributed by atoms with E-state index in [-0.39, 0.29) is 11.9 Å². The summed E-state index contributed by atoms with van der Waals surface area (Å²) in [5, 5.41) is 11.6. The second-order valence-corrected chi connectivity index (χ2v) is 6.63. The van der Waals surface area contributed by atoms with Crippen molar-refractivity contribution in [1.82, 2.24) is 35.1 Å². The summed E-state index contributed by atoms with van der Waals surface area (Å²) in [5.41, 5.74) is 1.59. The highest BCUT2D eigenvalue weighted by molar-refractivity contribution is 5.75. The third-order valence-electron chi connectivity index (χ3n) is 4.92. The van der Waals surface area contributed by atoms with Crippen molar-refractivity contribution >= 4 is 11.0 Å². The molecular formula is C17H22FN7. The highest BCUT2D eigenvalue weighted by Crippen LogP contribution is 2.30. The number of imidazole rings is 1. The number of nitrogens with zero attached hydrogens (tertiary/aromatic N) is 6. The summed E-state index contributed by atoms with van der Waals surface area (Å²) in [4.78, 5) is 10.5. The molecule has 1 aromatic carbocycles. The topological polar surface area (TPSA) is 75.5 Å². The number of tetrazole rings is 1. The van der Waals surface area contributed by atoms with Crippen molar-refractivity contribution in [3.05, 3.63) is 35.7 Å². The number of hydrogen-bond donors (Lipinski definition) is 1. The van der Waals surface area contributed by atoms with Gasteiger partial charge in [-0.3, -0.25) is 4.90 Å². The van der Waals surface area contributed by atoms with Crippen LogP contribution in [-0.4, -0.2) is 48.2 Å². The van der Waals surface area contributed by atoms with Crippen LogP contribution in [0.25, 0.3) is 11.0 Å². The van der Waals surface area contributed by atoms with Gasteiger partial charge in [-0.15, -0.1) is 5.10 Å². The predicted octanol–water partition coefficient (Wildman–Crippen LogP) is 2.61. The van der Waals surface area contributed by atoms with Crippen LogP contribution in [0.2, 0.25) is 0 Å². The number of aryl methyl sites for hydroxylation is 2. The molecular weight excluding hydrogens is 321 g/mol. The van der Waals surface area contributed by atoms with Gasteiger partial charge >= 0.3 is 0 Å². The van der Waals surface area contributed by atoms with E-state index in [2.05, 4.69) is 25.4 Å². The first-order valence-corrected chi connectivity index (χ1v) is 8.83. The van der Waals surface area contributed by atoms with E-state index >= 15 is 0 Å². The first kappa shape index (κ1) is 16.1. The molecule has 132 valence electrons. The van der Waals surface area contributed by atoms with Crippen molar-refractivity contribution in [2.24, 2.45) is 0 Å². The first-order valence-electron chi connectivity index (χ1n) is 8.83. The van der Waals surface area contributed by atoms with E-state index in [0.717, 1.165) is 55.2 Å². The van der Waals surface area contributed by atoms with Crippen molar-refractivity contribution in [2.45, 2.75) is 45.2 Å². The number of benzene rings is 1. The van der Waals surface area contributed by atoms with Gasteiger partial charge < -0.3 is 4.98 Å². The van der Waals surface area contributed by atoms with Crippen LogP contribution in [0.4, 0.5) is 4.39 Å². The number of hydrogen-bond acceptors (Lipinski definition) is 5. The molecule has 0 spiro atoms. The van der Waals surface area contributed by atoms with Crippen LogP contribution in [-0.2, 0) is 6.54 Å². The van der Waals surface area contributed by atoms with Crippen LogP contribution in [0.5, 0.6) is 0 Å². The fraction of sp³-hybridized carbons (Fsp3) is 0.529. The first-order chi connectivity index (χ1) is 12.2. The second kappa shape index (κ2) is 6.87. The number of piperidine rings is 1. The minimum absolute atomic E-state index is 0.236. The number of rotatable bonds is 5. The minimum Gasteiger partial charge on any atom is -0.341 e. The number of halogens is 1. The highest BCUT2D eigenvalue weighted by Gasteiger charge is 2.26. The summed E-state index contributed by atoms with van der Waals surface area (Å²) in [5.74, 6) is 1.55. The molecule has 1 aliphatic rings. The summed E-state index contributed by atoms with van der Waals surface area (Å²) < 4.78 is 15.3. The summed E-state index contributed by atoms with van der Waals surface area (Å²) >= 11 is 0. The van der Waals surface area contributed by atoms with Crippen LogP contribution in [0, 0.1) is 12.7 Å². The molecule has 4 rings (SSSR count). The normalized spacial score (nSPS) is 18.9. The second-order valence-electron chi connectivity index (χ2n) is 6.63. The van der Waals surface area contributed by atoms with E-state index in [9.17, 15) is 4.39 Å². The Kier molecular flexibility index (Phi) is 4.44. The molecule has 0 bridgehead atoms. The van der Waals surface area contributed by atoms with Gasteiger partial charge in [0.25, 0.3) is 0 Å². The summed E-state index contributed by atoms with van der Waals surface area (Å²) in [7, 11) is 0. The number of fused-ring (bicyclic) bond motifs is 1. The lowest BCUT2D eigenvalue weighted by Crippen LogP contribution is -2.35. The van der Waals surface area contributed by atoms with Gasteiger partial charge in [-0.05, 0) is 61.4 Å². The number of aromatic amines is 1. The van der Waals surface area contributed by atoms with Crippen LogP contribution >= 0.6 is 0 Å². The van der Waals surface area contributed by atoms with Crippen molar-refractivity contribution in [3.63, 3.8) is 0 Å². The SMILES string of the molecule is Cc1nnnn1CCCN1CCCCC1c1nc2ccc(F)cc2[nH]1. The standard InChI is InChI=1S/C17H22FN7/c1-12-21-22-23-25(12)10-4-9-24-8-3-2-5-16(24)17-19-14-7-6-13(18)11-15(14)20-17/h6-7,11,16H,2-5,8-10H2,1H3,(H,19,20). The van der Waals surface area contributed by atoms with Gasteiger partial charge in [0, 0.05) is 13.1 Å². The van der Waals surface area contributed by atoms with E-state index in [1.165, 1.54) is 25.0 Å². The molecule has 0 amide bonds. The molecule has 0 saturated carbocycles. The fourth-order valence-electron chi connectivity index (χ4n) is 3.61. The van der Waals surface area contributed by atoms with Crippen LogP contribution < -0.4 is 0 Å². The van der Waals surface area contributed by atoms with Gasteiger partial charge in [0.2, 0.25) is 0 Å². The van der Waals surface area contributed by atoms with Crippen molar-refractivity contribution in [3.8, 4) is 0 Å². The maximum atomic E-state index is 13.4. The molecule has 2 aromatic heterocycles. The Morgan fingerprint density at radius 1 is 1.28 bits per heavy atom. The Morgan fingerprint density at radius 3 is 3.04 bits per heavy atom.